The molecule has 0 bridgehead atoms. The van der Waals surface area contributed by atoms with Crippen molar-refractivity contribution in [2.45, 2.75) is 52.5 Å². The van der Waals surface area contributed by atoms with E-state index in [4.69, 9.17) is 11.6 Å². The first-order valence-corrected chi connectivity index (χ1v) is 6.30. The third-order valence-electron chi connectivity index (χ3n) is 3.07. The first-order valence-electron chi connectivity index (χ1n) is 5.92. The molecular formula is C12H19ClN2. The minimum Gasteiger partial charge on any atom is -0.253 e. The standard InChI is InChI=1S/C12H19ClN2/c1-9(2)7-8-15-12(13)10-5-3-4-6-11(10)14-15/h9H,3-8H2,1-2H3. The van der Waals surface area contributed by atoms with Gasteiger partial charge in [0, 0.05) is 12.1 Å². The minimum absolute atomic E-state index is 0.710. The van der Waals surface area contributed by atoms with E-state index in [-0.39, 0.29) is 0 Å². The van der Waals surface area contributed by atoms with Crippen LogP contribution in [0.2, 0.25) is 5.15 Å². The highest BCUT2D eigenvalue weighted by Crippen LogP contribution is 2.27. The van der Waals surface area contributed by atoms with Crippen LogP contribution < -0.4 is 0 Å². The first-order chi connectivity index (χ1) is 7.18. The summed E-state index contributed by atoms with van der Waals surface area (Å²) in [5, 5.41) is 5.50. The molecule has 1 aromatic rings. The van der Waals surface area contributed by atoms with Crippen molar-refractivity contribution in [2.24, 2.45) is 5.92 Å². The number of nitrogens with zero attached hydrogens (tertiary/aromatic N) is 2. The van der Waals surface area contributed by atoms with E-state index >= 15 is 0 Å². The fourth-order valence-corrected chi connectivity index (χ4v) is 2.42. The van der Waals surface area contributed by atoms with Crippen LogP contribution in [0.4, 0.5) is 0 Å². The van der Waals surface area contributed by atoms with E-state index in [0.29, 0.717) is 5.92 Å². The molecule has 0 spiro atoms. The zero-order valence-corrected chi connectivity index (χ0v) is 10.3. The Kier molecular flexibility index (Phi) is 3.35. The molecule has 0 fully saturated rings. The molecule has 1 heterocycles. The van der Waals surface area contributed by atoms with Gasteiger partial charge < -0.3 is 0 Å². The summed E-state index contributed by atoms with van der Waals surface area (Å²) in [6.07, 6.45) is 5.92. The lowest BCUT2D eigenvalue weighted by atomic mass is 9.99. The van der Waals surface area contributed by atoms with Crippen molar-refractivity contribution in [3.63, 3.8) is 0 Å². The summed E-state index contributed by atoms with van der Waals surface area (Å²) in [4.78, 5) is 0. The molecule has 0 radical (unpaired) electrons. The van der Waals surface area contributed by atoms with Crippen LogP contribution in [0.1, 0.15) is 44.4 Å². The van der Waals surface area contributed by atoms with Crippen LogP contribution in [-0.2, 0) is 19.4 Å². The van der Waals surface area contributed by atoms with Crippen molar-refractivity contribution in [2.75, 3.05) is 0 Å². The van der Waals surface area contributed by atoms with Gasteiger partial charge in [0.15, 0.2) is 0 Å². The summed E-state index contributed by atoms with van der Waals surface area (Å²) in [6, 6.07) is 0. The molecule has 0 aliphatic heterocycles. The Morgan fingerprint density at radius 1 is 1.33 bits per heavy atom. The molecule has 2 nitrogen and oxygen atoms in total. The molecule has 1 aromatic heterocycles. The Morgan fingerprint density at radius 2 is 2.07 bits per heavy atom. The predicted molar refractivity (Wildman–Crippen MR) is 63.3 cm³/mol. The lowest BCUT2D eigenvalue weighted by Gasteiger charge is -2.08. The van der Waals surface area contributed by atoms with Crippen molar-refractivity contribution < 1.29 is 0 Å². The second kappa shape index (κ2) is 4.56. The van der Waals surface area contributed by atoms with Gasteiger partial charge in [-0.15, -0.1) is 0 Å². The quantitative estimate of drug-likeness (QED) is 0.772. The highest BCUT2D eigenvalue weighted by atomic mass is 35.5. The SMILES string of the molecule is CC(C)CCn1nc2c(c1Cl)CCCC2. The van der Waals surface area contributed by atoms with E-state index < -0.39 is 0 Å². The van der Waals surface area contributed by atoms with Crippen LogP contribution >= 0.6 is 11.6 Å². The van der Waals surface area contributed by atoms with Gasteiger partial charge in [0.1, 0.15) is 5.15 Å². The zero-order chi connectivity index (χ0) is 10.8. The Labute approximate surface area is 96.6 Å². The number of aromatic nitrogens is 2. The molecule has 3 heteroatoms. The Morgan fingerprint density at radius 3 is 2.73 bits per heavy atom. The van der Waals surface area contributed by atoms with Gasteiger partial charge in [0.05, 0.1) is 5.69 Å². The Hall–Kier alpha value is -0.500. The van der Waals surface area contributed by atoms with Crippen LogP contribution in [0.3, 0.4) is 0 Å². The third-order valence-corrected chi connectivity index (χ3v) is 3.50. The second-order valence-corrected chi connectivity index (χ2v) is 5.19. The molecule has 0 aromatic carbocycles. The van der Waals surface area contributed by atoms with Gasteiger partial charge in [-0.2, -0.15) is 5.10 Å². The van der Waals surface area contributed by atoms with E-state index in [1.165, 1.54) is 24.1 Å². The van der Waals surface area contributed by atoms with Crippen molar-refractivity contribution in [3.8, 4) is 0 Å². The fraction of sp³-hybridized carbons (Fsp3) is 0.750. The summed E-state index contributed by atoms with van der Waals surface area (Å²) in [5.41, 5.74) is 2.56. The molecule has 0 amide bonds. The van der Waals surface area contributed by atoms with E-state index in [0.717, 1.165) is 31.0 Å². The topological polar surface area (TPSA) is 17.8 Å². The van der Waals surface area contributed by atoms with Gasteiger partial charge in [-0.25, -0.2) is 0 Å². The van der Waals surface area contributed by atoms with Crippen LogP contribution in [0.15, 0.2) is 0 Å². The van der Waals surface area contributed by atoms with Gasteiger partial charge in [0.2, 0.25) is 0 Å². The largest absolute Gasteiger partial charge is 0.253 e. The highest BCUT2D eigenvalue weighted by molar-refractivity contribution is 6.30. The number of hydrogen-bond acceptors (Lipinski definition) is 1. The molecule has 0 saturated carbocycles. The monoisotopic (exact) mass is 226 g/mol. The van der Waals surface area contributed by atoms with Gasteiger partial charge in [0.25, 0.3) is 0 Å². The van der Waals surface area contributed by atoms with Gasteiger partial charge in [-0.3, -0.25) is 4.68 Å². The molecule has 15 heavy (non-hydrogen) atoms. The van der Waals surface area contributed by atoms with E-state index in [2.05, 4.69) is 18.9 Å². The highest BCUT2D eigenvalue weighted by Gasteiger charge is 2.18. The molecule has 2 rings (SSSR count). The smallest absolute Gasteiger partial charge is 0.130 e. The first kappa shape index (κ1) is 11.0. The lowest BCUT2D eigenvalue weighted by molar-refractivity contribution is 0.484. The number of rotatable bonds is 3. The number of hydrogen-bond donors (Lipinski definition) is 0. The average molecular weight is 227 g/mol. The van der Waals surface area contributed by atoms with Crippen LogP contribution in [0.25, 0.3) is 0 Å². The van der Waals surface area contributed by atoms with Crippen molar-refractivity contribution in [1.82, 2.24) is 9.78 Å². The van der Waals surface area contributed by atoms with Crippen LogP contribution in [0.5, 0.6) is 0 Å². The van der Waals surface area contributed by atoms with Gasteiger partial charge in [-0.05, 0) is 38.0 Å². The number of fused-ring (bicyclic) bond motifs is 1. The molecular weight excluding hydrogens is 208 g/mol. The average Bonchev–Trinajstić information content (AvgIpc) is 2.54. The van der Waals surface area contributed by atoms with E-state index in [1.807, 2.05) is 4.68 Å². The Bertz CT molecular complexity index is 342. The molecule has 1 aliphatic rings. The number of aryl methyl sites for hydroxylation is 2. The normalized spacial score (nSPS) is 15.7. The van der Waals surface area contributed by atoms with E-state index in [1.54, 1.807) is 0 Å². The molecule has 0 N–H and O–H groups in total. The van der Waals surface area contributed by atoms with Gasteiger partial charge >= 0.3 is 0 Å². The summed E-state index contributed by atoms with van der Waals surface area (Å²) in [6.45, 7) is 5.43. The van der Waals surface area contributed by atoms with Crippen LogP contribution in [0, 0.1) is 5.92 Å². The molecule has 0 saturated heterocycles. The fourth-order valence-electron chi connectivity index (χ4n) is 2.10. The molecule has 0 atom stereocenters. The van der Waals surface area contributed by atoms with Crippen LogP contribution in [-0.4, -0.2) is 9.78 Å². The predicted octanol–water partition coefficient (Wildman–Crippen LogP) is 3.46. The Balaban J connectivity index is 2.14. The van der Waals surface area contributed by atoms with Crippen molar-refractivity contribution >= 4 is 11.6 Å². The maximum Gasteiger partial charge on any atom is 0.130 e. The minimum atomic E-state index is 0.710. The van der Waals surface area contributed by atoms with E-state index in [9.17, 15) is 0 Å². The molecule has 1 aliphatic carbocycles. The summed E-state index contributed by atoms with van der Waals surface area (Å²) >= 11 is 6.33. The molecule has 84 valence electrons. The van der Waals surface area contributed by atoms with Crippen molar-refractivity contribution in [3.05, 3.63) is 16.4 Å². The lowest BCUT2D eigenvalue weighted by Crippen LogP contribution is -2.03. The number of halogens is 1. The summed E-state index contributed by atoms with van der Waals surface area (Å²) in [5.74, 6) is 0.710. The van der Waals surface area contributed by atoms with Gasteiger partial charge in [-0.1, -0.05) is 25.4 Å². The maximum atomic E-state index is 6.33. The third kappa shape index (κ3) is 2.36. The maximum absolute atomic E-state index is 6.33. The molecule has 0 unspecified atom stereocenters. The zero-order valence-electron chi connectivity index (χ0n) is 9.59. The summed E-state index contributed by atoms with van der Waals surface area (Å²) < 4.78 is 2.00. The summed E-state index contributed by atoms with van der Waals surface area (Å²) in [7, 11) is 0. The second-order valence-electron chi connectivity index (χ2n) is 4.83. The van der Waals surface area contributed by atoms with Crippen molar-refractivity contribution in [1.29, 1.82) is 0 Å².